The fourth-order valence-electron chi connectivity index (χ4n) is 4.83. The molecule has 9 heteroatoms. The number of hydrogen-bond donors (Lipinski definition) is 1. The first kappa shape index (κ1) is 25.5. The zero-order valence-corrected chi connectivity index (χ0v) is 22.1. The van der Waals surface area contributed by atoms with Crippen LogP contribution in [0.5, 0.6) is 0 Å². The maximum atomic E-state index is 13.4. The van der Waals surface area contributed by atoms with Crippen LogP contribution < -0.4 is 21.3 Å². The highest BCUT2D eigenvalue weighted by molar-refractivity contribution is 5.95. The summed E-state index contributed by atoms with van der Waals surface area (Å²) in [5, 5.41) is 3.84. The third kappa shape index (κ3) is 4.62. The molecule has 1 atom stereocenters. The van der Waals surface area contributed by atoms with Gasteiger partial charge in [-0.25, -0.2) is 9.78 Å². The highest BCUT2D eigenvalue weighted by Crippen LogP contribution is 2.33. The minimum atomic E-state index is -0.706. The SMILES string of the molecule is COC(=O)c1c(NC(C)c2cc(C)cc3c(=O)n(C)c(N4CCC(C)(C)CC4)nc23)ccn(C)c1=O. The molecule has 3 heterocycles. The number of esters is 1. The number of piperidine rings is 1. The molecule has 1 N–H and O–H groups in total. The number of nitrogens with zero attached hydrogens (tertiary/aromatic N) is 4. The van der Waals surface area contributed by atoms with Gasteiger partial charge in [-0.05, 0) is 49.8 Å². The number of fused-ring (bicyclic) bond motifs is 1. The van der Waals surface area contributed by atoms with Crippen molar-refractivity contribution >= 4 is 28.5 Å². The van der Waals surface area contributed by atoms with Crippen LogP contribution in [0.15, 0.2) is 34.0 Å². The molecule has 3 aromatic rings. The van der Waals surface area contributed by atoms with Gasteiger partial charge < -0.3 is 19.5 Å². The van der Waals surface area contributed by atoms with E-state index in [9.17, 15) is 14.4 Å². The molecule has 0 amide bonds. The van der Waals surface area contributed by atoms with Gasteiger partial charge >= 0.3 is 5.97 Å². The molecule has 192 valence electrons. The lowest BCUT2D eigenvalue weighted by Gasteiger charge is -2.38. The fourth-order valence-corrected chi connectivity index (χ4v) is 4.83. The highest BCUT2D eigenvalue weighted by Gasteiger charge is 2.28. The predicted molar refractivity (Wildman–Crippen MR) is 142 cm³/mol. The molecule has 1 fully saturated rings. The van der Waals surface area contributed by atoms with Crippen molar-refractivity contribution in [2.24, 2.45) is 19.5 Å². The van der Waals surface area contributed by atoms with Gasteiger partial charge in [-0.15, -0.1) is 0 Å². The molecular formula is C27H35N5O4. The summed E-state index contributed by atoms with van der Waals surface area (Å²) in [6.45, 7) is 10.1. The van der Waals surface area contributed by atoms with Crippen LogP contribution >= 0.6 is 0 Å². The topological polar surface area (TPSA) is 98.5 Å². The molecule has 2 aromatic heterocycles. The summed E-state index contributed by atoms with van der Waals surface area (Å²) >= 11 is 0. The number of hydrogen-bond acceptors (Lipinski definition) is 7. The Kier molecular flexibility index (Phi) is 6.68. The Morgan fingerprint density at radius 2 is 1.81 bits per heavy atom. The number of rotatable bonds is 5. The second-order valence-electron chi connectivity index (χ2n) is 10.6. The predicted octanol–water partition coefficient (Wildman–Crippen LogP) is 3.53. The van der Waals surface area contributed by atoms with E-state index in [0.29, 0.717) is 22.5 Å². The molecule has 4 rings (SSSR count). The standard InChI is InChI=1S/C27H35N5O4/c1-16-14-18(17(2)28-20-8-11-30(5)24(34)21(20)25(35)36-7)22-19(15-16)23(33)31(6)26(29-22)32-12-9-27(3,4)10-13-32/h8,11,14-15,17,28H,9-10,12-13H2,1-7H3. The number of nitrogens with one attached hydrogen (secondary N) is 1. The molecule has 1 aliphatic rings. The summed E-state index contributed by atoms with van der Waals surface area (Å²) in [6.07, 6.45) is 3.65. The second-order valence-corrected chi connectivity index (χ2v) is 10.6. The summed E-state index contributed by atoms with van der Waals surface area (Å²) in [4.78, 5) is 45.7. The van der Waals surface area contributed by atoms with Crippen LogP contribution in [0.25, 0.3) is 10.9 Å². The van der Waals surface area contributed by atoms with Crippen molar-refractivity contribution in [2.75, 3.05) is 30.4 Å². The van der Waals surface area contributed by atoms with Crippen LogP contribution in [0.2, 0.25) is 0 Å². The van der Waals surface area contributed by atoms with Crippen molar-refractivity contribution in [3.8, 4) is 0 Å². The van der Waals surface area contributed by atoms with E-state index in [2.05, 4.69) is 24.1 Å². The first-order valence-corrected chi connectivity index (χ1v) is 12.2. The molecule has 0 radical (unpaired) electrons. The summed E-state index contributed by atoms with van der Waals surface area (Å²) in [6, 6.07) is 5.18. The molecule has 9 nitrogen and oxygen atoms in total. The van der Waals surface area contributed by atoms with E-state index in [-0.39, 0.29) is 22.6 Å². The van der Waals surface area contributed by atoms with Crippen molar-refractivity contribution in [1.82, 2.24) is 14.1 Å². The number of aryl methyl sites for hydroxylation is 2. The first-order chi connectivity index (χ1) is 16.9. The average molecular weight is 494 g/mol. The van der Waals surface area contributed by atoms with Gasteiger partial charge in [0, 0.05) is 38.9 Å². The number of carbonyl (C=O) groups is 1. The van der Waals surface area contributed by atoms with Crippen LogP contribution in [0.3, 0.4) is 0 Å². The number of methoxy groups -OCH3 is 1. The van der Waals surface area contributed by atoms with Crippen molar-refractivity contribution < 1.29 is 9.53 Å². The third-order valence-corrected chi connectivity index (χ3v) is 7.23. The van der Waals surface area contributed by atoms with Gasteiger partial charge in [0.25, 0.3) is 11.1 Å². The summed E-state index contributed by atoms with van der Waals surface area (Å²) in [7, 11) is 4.61. The van der Waals surface area contributed by atoms with Gasteiger partial charge in [-0.2, -0.15) is 0 Å². The van der Waals surface area contributed by atoms with Crippen molar-refractivity contribution in [1.29, 1.82) is 0 Å². The minimum Gasteiger partial charge on any atom is -0.465 e. The number of pyridine rings is 1. The van der Waals surface area contributed by atoms with E-state index in [0.717, 1.165) is 37.1 Å². The van der Waals surface area contributed by atoms with Crippen molar-refractivity contribution in [2.45, 2.75) is 46.6 Å². The Morgan fingerprint density at radius 1 is 1.14 bits per heavy atom. The lowest BCUT2D eigenvalue weighted by Crippen LogP contribution is -2.40. The normalized spacial score (nSPS) is 16.1. The Morgan fingerprint density at radius 3 is 2.44 bits per heavy atom. The molecule has 36 heavy (non-hydrogen) atoms. The number of ether oxygens (including phenoxy) is 1. The Balaban J connectivity index is 1.81. The molecule has 1 saturated heterocycles. The summed E-state index contributed by atoms with van der Waals surface area (Å²) in [5.74, 6) is -0.0496. The van der Waals surface area contributed by atoms with E-state index in [4.69, 9.17) is 9.72 Å². The highest BCUT2D eigenvalue weighted by atomic mass is 16.5. The van der Waals surface area contributed by atoms with Gasteiger partial charge in [-0.1, -0.05) is 19.9 Å². The largest absolute Gasteiger partial charge is 0.465 e. The monoisotopic (exact) mass is 493 g/mol. The molecule has 0 saturated carbocycles. The van der Waals surface area contributed by atoms with Crippen LogP contribution in [0, 0.1) is 12.3 Å². The lowest BCUT2D eigenvalue weighted by molar-refractivity contribution is 0.0599. The zero-order valence-electron chi connectivity index (χ0n) is 22.1. The quantitative estimate of drug-likeness (QED) is 0.543. The smallest absolute Gasteiger partial charge is 0.345 e. The van der Waals surface area contributed by atoms with Crippen molar-refractivity contribution in [3.05, 3.63) is 61.8 Å². The molecule has 1 unspecified atom stereocenters. The molecule has 0 aliphatic carbocycles. The van der Waals surface area contributed by atoms with Crippen LogP contribution in [-0.2, 0) is 18.8 Å². The molecule has 0 spiro atoms. The van der Waals surface area contributed by atoms with E-state index >= 15 is 0 Å². The lowest BCUT2D eigenvalue weighted by atomic mass is 9.83. The Labute approximate surface area is 210 Å². The summed E-state index contributed by atoms with van der Waals surface area (Å²) < 4.78 is 7.83. The maximum Gasteiger partial charge on any atom is 0.345 e. The third-order valence-electron chi connectivity index (χ3n) is 7.23. The van der Waals surface area contributed by atoms with E-state index in [1.165, 1.54) is 11.7 Å². The van der Waals surface area contributed by atoms with Gasteiger partial charge in [0.1, 0.15) is 5.56 Å². The number of aromatic nitrogens is 3. The minimum absolute atomic E-state index is 0.0631. The second kappa shape index (κ2) is 9.44. The molecular weight excluding hydrogens is 458 g/mol. The van der Waals surface area contributed by atoms with E-state index in [1.807, 2.05) is 26.0 Å². The van der Waals surface area contributed by atoms with Gasteiger partial charge in [-0.3, -0.25) is 14.2 Å². The van der Waals surface area contributed by atoms with Crippen molar-refractivity contribution in [3.63, 3.8) is 0 Å². The Hall–Kier alpha value is -3.62. The van der Waals surface area contributed by atoms with Crippen LogP contribution in [-0.4, -0.2) is 40.3 Å². The van der Waals surface area contributed by atoms with Gasteiger partial charge in [0.2, 0.25) is 5.95 Å². The number of benzene rings is 1. The fraction of sp³-hybridized carbons (Fsp3) is 0.481. The van der Waals surface area contributed by atoms with Crippen LogP contribution in [0.4, 0.5) is 11.6 Å². The summed E-state index contributed by atoms with van der Waals surface area (Å²) in [5.41, 5.74) is 2.40. The zero-order chi connectivity index (χ0) is 26.4. The number of anilines is 2. The molecule has 0 bridgehead atoms. The van der Waals surface area contributed by atoms with Gasteiger partial charge in [0.05, 0.1) is 29.7 Å². The molecule has 1 aliphatic heterocycles. The molecule has 1 aromatic carbocycles. The van der Waals surface area contributed by atoms with Gasteiger partial charge in [0.15, 0.2) is 0 Å². The average Bonchev–Trinajstić information content (AvgIpc) is 2.83. The Bertz CT molecular complexity index is 1440. The number of carbonyl (C=O) groups excluding carboxylic acids is 1. The first-order valence-electron chi connectivity index (χ1n) is 12.2. The van der Waals surface area contributed by atoms with E-state index < -0.39 is 11.5 Å². The van der Waals surface area contributed by atoms with E-state index in [1.54, 1.807) is 30.9 Å². The van der Waals surface area contributed by atoms with Crippen LogP contribution in [0.1, 0.15) is 61.1 Å². The maximum absolute atomic E-state index is 13.4.